The van der Waals surface area contributed by atoms with Crippen LogP contribution in [0.3, 0.4) is 0 Å². The summed E-state index contributed by atoms with van der Waals surface area (Å²) in [6.45, 7) is 3.98. The maximum Gasteiger partial charge on any atom is 0.363 e. The van der Waals surface area contributed by atoms with Gasteiger partial charge >= 0.3 is 11.9 Å². The second kappa shape index (κ2) is 8.75. The van der Waals surface area contributed by atoms with Gasteiger partial charge in [0, 0.05) is 11.1 Å². The van der Waals surface area contributed by atoms with Crippen LogP contribution in [0.1, 0.15) is 33.4 Å². The topological polar surface area (TPSA) is 77.3 Å². The normalized spacial score (nSPS) is 17.6. The van der Waals surface area contributed by atoms with Crippen molar-refractivity contribution in [2.45, 2.75) is 13.8 Å². The van der Waals surface area contributed by atoms with E-state index in [-0.39, 0.29) is 11.4 Å². The Kier molecular flexibility index (Phi) is 5.47. The maximum absolute atomic E-state index is 12.2. The Morgan fingerprint density at radius 2 is 0.912 bits per heavy atom. The molecule has 3 aromatic rings. The Hall–Kier alpha value is -4.58. The summed E-state index contributed by atoms with van der Waals surface area (Å²) in [5, 5.41) is 0. The largest absolute Gasteiger partial charge is 0.402 e. The number of aryl methyl sites for hydroxylation is 2. The molecule has 34 heavy (non-hydrogen) atoms. The highest BCUT2D eigenvalue weighted by Gasteiger charge is 2.25. The molecule has 0 aliphatic carbocycles. The van der Waals surface area contributed by atoms with E-state index in [2.05, 4.69) is 9.98 Å². The van der Waals surface area contributed by atoms with Crippen molar-refractivity contribution in [2.75, 3.05) is 0 Å². The van der Waals surface area contributed by atoms with Gasteiger partial charge in [-0.3, -0.25) is 0 Å². The van der Waals surface area contributed by atoms with E-state index in [1.54, 1.807) is 12.2 Å². The lowest BCUT2D eigenvalue weighted by Gasteiger charge is -1.99. The molecular weight excluding hydrogens is 428 g/mol. The van der Waals surface area contributed by atoms with E-state index in [1.807, 2.05) is 86.6 Å². The average Bonchev–Trinajstić information content (AvgIpc) is 3.38. The fourth-order valence-corrected chi connectivity index (χ4v) is 3.46. The van der Waals surface area contributed by atoms with Crippen LogP contribution in [-0.2, 0) is 19.1 Å². The summed E-state index contributed by atoms with van der Waals surface area (Å²) >= 11 is 0. The van der Waals surface area contributed by atoms with Crippen LogP contribution in [0.4, 0.5) is 0 Å². The van der Waals surface area contributed by atoms with Crippen LogP contribution in [0, 0.1) is 13.8 Å². The van der Waals surface area contributed by atoms with Crippen LogP contribution in [0.25, 0.3) is 12.2 Å². The van der Waals surface area contributed by atoms with Crippen molar-refractivity contribution in [3.05, 3.63) is 118 Å². The summed E-state index contributed by atoms with van der Waals surface area (Å²) in [5.74, 6) is -0.402. The third-order valence-electron chi connectivity index (χ3n) is 5.38. The first kappa shape index (κ1) is 21.3. The van der Waals surface area contributed by atoms with Gasteiger partial charge in [0.2, 0.25) is 11.8 Å². The number of esters is 2. The number of rotatable bonds is 4. The molecule has 166 valence electrons. The minimum atomic E-state index is -0.492. The average molecular weight is 448 g/mol. The molecule has 0 aromatic heterocycles. The molecule has 2 aliphatic heterocycles. The third-order valence-corrected chi connectivity index (χ3v) is 5.38. The van der Waals surface area contributed by atoms with Gasteiger partial charge in [0.25, 0.3) is 0 Å². The summed E-state index contributed by atoms with van der Waals surface area (Å²) in [7, 11) is 0. The molecule has 0 radical (unpaired) electrons. The minimum absolute atomic E-state index is 0.230. The molecule has 0 saturated carbocycles. The fourth-order valence-electron chi connectivity index (χ4n) is 3.46. The van der Waals surface area contributed by atoms with Gasteiger partial charge in [-0.05, 0) is 61.4 Å². The van der Waals surface area contributed by atoms with Crippen molar-refractivity contribution < 1.29 is 19.1 Å². The van der Waals surface area contributed by atoms with Crippen LogP contribution in [0.2, 0.25) is 0 Å². The van der Waals surface area contributed by atoms with Gasteiger partial charge in [-0.1, -0.05) is 59.7 Å². The maximum atomic E-state index is 12.2. The molecule has 5 rings (SSSR count). The van der Waals surface area contributed by atoms with E-state index in [1.165, 1.54) is 0 Å². The number of carbonyl (C=O) groups excluding carboxylic acids is 2. The number of hydrogen-bond acceptors (Lipinski definition) is 6. The number of nitrogens with zero attached hydrogens (tertiary/aromatic N) is 2. The van der Waals surface area contributed by atoms with Gasteiger partial charge < -0.3 is 9.47 Å². The summed E-state index contributed by atoms with van der Waals surface area (Å²) < 4.78 is 10.6. The summed E-state index contributed by atoms with van der Waals surface area (Å²) in [6, 6.07) is 22.6. The van der Waals surface area contributed by atoms with Crippen molar-refractivity contribution in [1.82, 2.24) is 0 Å². The van der Waals surface area contributed by atoms with E-state index >= 15 is 0 Å². The van der Waals surface area contributed by atoms with Crippen LogP contribution in [0.5, 0.6) is 0 Å². The van der Waals surface area contributed by atoms with Crippen molar-refractivity contribution in [2.24, 2.45) is 9.98 Å². The molecule has 6 heteroatoms. The zero-order valence-corrected chi connectivity index (χ0v) is 18.6. The van der Waals surface area contributed by atoms with Gasteiger partial charge in [-0.2, -0.15) is 0 Å². The predicted molar refractivity (Wildman–Crippen MR) is 130 cm³/mol. The van der Waals surface area contributed by atoms with Gasteiger partial charge in [0.05, 0.1) is 0 Å². The minimum Gasteiger partial charge on any atom is -0.402 e. The quantitative estimate of drug-likeness (QED) is 0.416. The summed E-state index contributed by atoms with van der Waals surface area (Å²) in [6.07, 6.45) is 3.33. The molecule has 2 aliphatic rings. The molecule has 0 N–H and O–H groups in total. The highest BCUT2D eigenvalue weighted by molar-refractivity contribution is 6.13. The Morgan fingerprint density at radius 1 is 0.559 bits per heavy atom. The number of carbonyl (C=O) groups is 2. The molecular formula is C28H20N2O4. The first-order valence-electron chi connectivity index (χ1n) is 10.7. The first-order valence-corrected chi connectivity index (χ1v) is 10.7. The van der Waals surface area contributed by atoms with Crippen molar-refractivity contribution in [3.8, 4) is 0 Å². The zero-order chi connectivity index (χ0) is 23.7. The molecule has 0 atom stereocenters. The molecule has 2 heterocycles. The monoisotopic (exact) mass is 448 g/mol. The number of benzene rings is 3. The number of hydrogen-bond donors (Lipinski definition) is 0. The van der Waals surface area contributed by atoms with Gasteiger partial charge in [-0.15, -0.1) is 0 Å². The van der Waals surface area contributed by atoms with E-state index in [0.717, 1.165) is 33.4 Å². The molecule has 0 unspecified atom stereocenters. The Morgan fingerprint density at radius 3 is 1.26 bits per heavy atom. The molecule has 0 spiro atoms. The molecule has 6 nitrogen and oxygen atoms in total. The highest BCUT2D eigenvalue weighted by Crippen LogP contribution is 2.22. The second-order valence-corrected chi connectivity index (χ2v) is 8.07. The van der Waals surface area contributed by atoms with E-state index in [9.17, 15) is 9.59 Å². The molecule has 0 amide bonds. The first-order chi connectivity index (χ1) is 16.4. The van der Waals surface area contributed by atoms with Crippen molar-refractivity contribution >= 4 is 35.9 Å². The van der Waals surface area contributed by atoms with E-state index < -0.39 is 11.9 Å². The van der Waals surface area contributed by atoms with Crippen molar-refractivity contribution in [3.63, 3.8) is 0 Å². The fraction of sp³-hybridized carbons (Fsp3) is 0.0714. The Labute approximate surface area is 196 Å². The van der Waals surface area contributed by atoms with Crippen LogP contribution < -0.4 is 0 Å². The predicted octanol–water partition coefficient (Wildman–Crippen LogP) is 4.99. The summed E-state index contributed by atoms with van der Waals surface area (Å²) in [5.41, 5.74) is 5.74. The SMILES string of the molecule is Cc1ccc(C2=N/C(=C\c3ccc(/C=C4/N=C(c5ccc(C)cc5)OC4=O)cc3)C(=O)O2)cc1. The smallest absolute Gasteiger partial charge is 0.363 e. The van der Waals surface area contributed by atoms with Gasteiger partial charge in [0.15, 0.2) is 11.4 Å². The molecule has 0 saturated heterocycles. The lowest BCUT2D eigenvalue weighted by molar-refractivity contribution is -0.130. The standard InChI is InChI=1S/C28H20N2O4/c1-17-3-11-21(12-4-17)25-29-23(27(31)33-25)15-19-7-9-20(10-8-19)16-24-28(32)34-26(30-24)22-13-5-18(2)6-14-22/h3-16H,1-2H3/b23-15-,24-16+. The van der Waals surface area contributed by atoms with Crippen LogP contribution >= 0.6 is 0 Å². The van der Waals surface area contributed by atoms with Crippen LogP contribution in [0.15, 0.2) is 94.2 Å². The number of cyclic esters (lactones) is 2. The number of aliphatic imine (C=N–C) groups is 2. The summed E-state index contributed by atoms with van der Waals surface area (Å²) in [4.78, 5) is 33.2. The lowest BCUT2D eigenvalue weighted by atomic mass is 10.1. The highest BCUT2D eigenvalue weighted by atomic mass is 16.6. The Balaban J connectivity index is 1.34. The van der Waals surface area contributed by atoms with E-state index in [4.69, 9.17) is 9.47 Å². The molecule has 0 fully saturated rings. The lowest BCUT2D eigenvalue weighted by Crippen LogP contribution is -2.05. The second-order valence-electron chi connectivity index (χ2n) is 8.07. The van der Waals surface area contributed by atoms with Gasteiger partial charge in [-0.25, -0.2) is 19.6 Å². The van der Waals surface area contributed by atoms with Crippen molar-refractivity contribution in [1.29, 1.82) is 0 Å². The zero-order valence-electron chi connectivity index (χ0n) is 18.6. The number of ether oxygens (including phenoxy) is 2. The molecule has 0 bridgehead atoms. The van der Waals surface area contributed by atoms with E-state index in [0.29, 0.717) is 11.8 Å². The van der Waals surface area contributed by atoms with Crippen LogP contribution in [-0.4, -0.2) is 23.7 Å². The molecule has 3 aromatic carbocycles. The third kappa shape index (κ3) is 4.47. The Bertz CT molecular complexity index is 1300. The van der Waals surface area contributed by atoms with Gasteiger partial charge in [0.1, 0.15) is 0 Å².